The molecule has 0 amide bonds. The molecule has 0 aliphatic rings. The van der Waals surface area contributed by atoms with E-state index in [1.165, 1.54) is 11.1 Å². The lowest BCUT2D eigenvalue weighted by Gasteiger charge is -2.23. The molecular weight excluding hydrogens is 262 g/mol. The van der Waals surface area contributed by atoms with Crippen LogP contribution in [0.5, 0.6) is 0 Å². The molecule has 3 nitrogen and oxygen atoms in total. The van der Waals surface area contributed by atoms with Crippen LogP contribution in [0.4, 0.5) is 0 Å². The highest BCUT2D eigenvalue weighted by molar-refractivity contribution is 5.27. The van der Waals surface area contributed by atoms with E-state index in [1.54, 1.807) is 0 Å². The van der Waals surface area contributed by atoms with Crippen molar-refractivity contribution in [3.8, 4) is 0 Å². The minimum atomic E-state index is -0.718. The monoisotopic (exact) mass is 285 g/mol. The fourth-order valence-corrected chi connectivity index (χ4v) is 2.47. The molecule has 0 aromatic heterocycles. The number of nitrogens with one attached hydrogen (secondary N) is 1. The summed E-state index contributed by atoms with van der Waals surface area (Å²) in [4.78, 5) is 0. The van der Waals surface area contributed by atoms with Crippen LogP contribution in [-0.4, -0.2) is 22.9 Å². The predicted molar refractivity (Wildman–Crippen MR) is 84.9 cm³/mol. The quantitative estimate of drug-likeness (QED) is 0.732. The summed E-state index contributed by atoms with van der Waals surface area (Å²) in [5.74, 6) is 0. The van der Waals surface area contributed by atoms with Gasteiger partial charge in [-0.25, -0.2) is 0 Å². The van der Waals surface area contributed by atoms with Gasteiger partial charge in [0.2, 0.25) is 0 Å². The van der Waals surface area contributed by atoms with Gasteiger partial charge in [-0.3, -0.25) is 0 Å². The van der Waals surface area contributed by atoms with Crippen molar-refractivity contribution in [2.45, 2.75) is 32.0 Å². The molecule has 0 fully saturated rings. The van der Waals surface area contributed by atoms with Crippen LogP contribution in [0.15, 0.2) is 54.6 Å². The molecule has 2 rings (SSSR count). The lowest BCUT2D eigenvalue weighted by atomic mass is 10.0. The first-order chi connectivity index (χ1) is 10.3. The van der Waals surface area contributed by atoms with Crippen molar-refractivity contribution >= 4 is 0 Å². The van der Waals surface area contributed by atoms with Crippen molar-refractivity contribution in [1.29, 1.82) is 0 Å². The normalized spacial score (nSPS) is 13.9. The van der Waals surface area contributed by atoms with E-state index in [4.69, 9.17) is 0 Å². The van der Waals surface area contributed by atoms with Crippen LogP contribution in [0.1, 0.15) is 29.7 Å². The first kappa shape index (κ1) is 15.7. The Morgan fingerprint density at radius 3 is 2.19 bits per heavy atom. The molecule has 0 saturated carbocycles. The average Bonchev–Trinajstić information content (AvgIpc) is 2.56. The molecule has 3 N–H and O–H groups in total. The van der Waals surface area contributed by atoms with Crippen molar-refractivity contribution in [1.82, 2.24) is 5.32 Å². The summed E-state index contributed by atoms with van der Waals surface area (Å²) in [6.45, 7) is 2.66. The van der Waals surface area contributed by atoms with Crippen molar-refractivity contribution in [2.75, 3.05) is 6.61 Å². The SMILES string of the molecule is CCc1ccccc1CN[C@@H](CO)[C@@H](O)c1ccccc1. The maximum absolute atomic E-state index is 10.4. The first-order valence-corrected chi connectivity index (χ1v) is 7.40. The van der Waals surface area contributed by atoms with Crippen molar-refractivity contribution < 1.29 is 10.2 Å². The molecule has 112 valence electrons. The van der Waals surface area contributed by atoms with Gasteiger partial charge in [-0.05, 0) is 23.1 Å². The summed E-state index contributed by atoms with van der Waals surface area (Å²) in [6, 6.07) is 17.3. The van der Waals surface area contributed by atoms with Gasteiger partial charge in [-0.2, -0.15) is 0 Å². The van der Waals surface area contributed by atoms with Crippen molar-refractivity contribution in [3.63, 3.8) is 0 Å². The fourth-order valence-electron chi connectivity index (χ4n) is 2.47. The van der Waals surface area contributed by atoms with Gasteiger partial charge in [0, 0.05) is 6.54 Å². The van der Waals surface area contributed by atoms with E-state index in [2.05, 4.69) is 24.4 Å². The van der Waals surface area contributed by atoms with Crippen LogP contribution < -0.4 is 5.32 Å². The lowest BCUT2D eigenvalue weighted by molar-refractivity contribution is 0.0891. The molecule has 0 radical (unpaired) electrons. The highest BCUT2D eigenvalue weighted by atomic mass is 16.3. The highest BCUT2D eigenvalue weighted by Gasteiger charge is 2.19. The average molecular weight is 285 g/mol. The van der Waals surface area contributed by atoms with E-state index >= 15 is 0 Å². The number of benzene rings is 2. The van der Waals surface area contributed by atoms with Crippen molar-refractivity contribution in [3.05, 3.63) is 71.3 Å². The van der Waals surface area contributed by atoms with E-state index in [0.717, 1.165) is 12.0 Å². The zero-order valence-electron chi connectivity index (χ0n) is 12.4. The summed E-state index contributed by atoms with van der Waals surface area (Å²) in [6.07, 6.45) is 0.257. The van der Waals surface area contributed by atoms with E-state index in [1.807, 2.05) is 42.5 Å². The van der Waals surface area contributed by atoms with Crippen LogP contribution in [0, 0.1) is 0 Å². The Bertz CT molecular complexity index is 542. The summed E-state index contributed by atoms with van der Waals surface area (Å²) in [5, 5.41) is 23.2. The lowest BCUT2D eigenvalue weighted by Crippen LogP contribution is -2.37. The molecule has 3 heteroatoms. The molecule has 0 spiro atoms. The van der Waals surface area contributed by atoms with Crippen LogP contribution in [-0.2, 0) is 13.0 Å². The number of aliphatic hydroxyl groups excluding tert-OH is 2. The largest absolute Gasteiger partial charge is 0.395 e. The Morgan fingerprint density at radius 1 is 0.952 bits per heavy atom. The smallest absolute Gasteiger partial charge is 0.0965 e. The van der Waals surface area contributed by atoms with Gasteiger partial charge in [0.05, 0.1) is 18.8 Å². The highest BCUT2D eigenvalue weighted by Crippen LogP contribution is 2.17. The van der Waals surface area contributed by atoms with Gasteiger partial charge >= 0.3 is 0 Å². The molecule has 0 heterocycles. The zero-order valence-corrected chi connectivity index (χ0v) is 12.4. The molecule has 0 saturated heterocycles. The van der Waals surface area contributed by atoms with Crippen LogP contribution in [0.3, 0.4) is 0 Å². The standard InChI is InChI=1S/C18H23NO2/c1-2-14-8-6-7-11-16(14)12-19-17(13-20)18(21)15-9-4-3-5-10-15/h3-11,17-21H,2,12-13H2,1H3/t17-,18-/m0/s1. The minimum absolute atomic E-state index is 0.107. The Hall–Kier alpha value is -1.68. The molecular formula is C18H23NO2. The first-order valence-electron chi connectivity index (χ1n) is 7.40. The molecule has 21 heavy (non-hydrogen) atoms. The maximum Gasteiger partial charge on any atom is 0.0965 e. The number of hydrogen-bond acceptors (Lipinski definition) is 3. The third-order valence-electron chi connectivity index (χ3n) is 3.77. The number of aryl methyl sites for hydroxylation is 1. The second-order valence-corrected chi connectivity index (χ2v) is 5.15. The Morgan fingerprint density at radius 2 is 1.57 bits per heavy atom. The predicted octanol–water partition coefficient (Wildman–Crippen LogP) is 2.43. The van der Waals surface area contributed by atoms with Gasteiger partial charge in [-0.15, -0.1) is 0 Å². The maximum atomic E-state index is 10.4. The molecule has 0 aliphatic heterocycles. The number of aliphatic hydroxyl groups is 2. The fraction of sp³-hybridized carbons (Fsp3) is 0.333. The molecule has 2 atom stereocenters. The zero-order chi connectivity index (χ0) is 15.1. The Balaban J connectivity index is 2.02. The second-order valence-electron chi connectivity index (χ2n) is 5.15. The van der Waals surface area contributed by atoms with Crippen LogP contribution >= 0.6 is 0 Å². The molecule has 0 aliphatic carbocycles. The van der Waals surface area contributed by atoms with Gasteiger partial charge < -0.3 is 15.5 Å². The topological polar surface area (TPSA) is 52.5 Å². The van der Waals surface area contributed by atoms with Crippen LogP contribution in [0.25, 0.3) is 0 Å². The second kappa shape index (κ2) is 7.93. The van der Waals surface area contributed by atoms with E-state index in [9.17, 15) is 10.2 Å². The molecule has 2 aromatic rings. The number of rotatable bonds is 7. The molecule has 2 aromatic carbocycles. The summed E-state index contributed by atoms with van der Waals surface area (Å²) in [7, 11) is 0. The van der Waals surface area contributed by atoms with Crippen LogP contribution in [0.2, 0.25) is 0 Å². The summed E-state index contributed by atoms with van der Waals surface area (Å²) < 4.78 is 0. The Kier molecular flexibility index (Phi) is 5.93. The van der Waals surface area contributed by atoms with Gasteiger partial charge in [0.25, 0.3) is 0 Å². The summed E-state index contributed by atoms with van der Waals surface area (Å²) in [5.41, 5.74) is 3.31. The van der Waals surface area contributed by atoms with E-state index < -0.39 is 6.10 Å². The van der Waals surface area contributed by atoms with Gasteiger partial charge in [-0.1, -0.05) is 61.5 Å². The van der Waals surface area contributed by atoms with Gasteiger partial charge in [0.1, 0.15) is 0 Å². The van der Waals surface area contributed by atoms with E-state index in [0.29, 0.717) is 6.54 Å². The third-order valence-corrected chi connectivity index (χ3v) is 3.77. The third kappa shape index (κ3) is 4.14. The minimum Gasteiger partial charge on any atom is -0.395 e. The molecule has 0 unspecified atom stereocenters. The van der Waals surface area contributed by atoms with Gasteiger partial charge in [0.15, 0.2) is 0 Å². The number of hydrogen-bond donors (Lipinski definition) is 3. The summed E-state index contributed by atoms with van der Waals surface area (Å²) >= 11 is 0. The molecule has 0 bridgehead atoms. The van der Waals surface area contributed by atoms with Crippen molar-refractivity contribution in [2.24, 2.45) is 0 Å². The van der Waals surface area contributed by atoms with E-state index in [-0.39, 0.29) is 12.6 Å². The Labute approximate surface area is 126 Å².